The maximum Gasteiger partial charge on any atom is 0.326 e. The summed E-state index contributed by atoms with van der Waals surface area (Å²) >= 11 is 0. The number of para-hydroxylation sites is 1. The molecule has 1 aromatic carbocycles. The Morgan fingerprint density at radius 1 is 1.06 bits per heavy atom. The van der Waals surface area contributed by atoms with E-state index in [2.05, 4.69) is 20.9 Å². The minimum absolute atomic E-state index is 0.294. The second-order valence-electron chi connectivity index (χ2n) is 7.75. The number of aliphatic carboxylic acids is 1. The number of carboxylic acids is 1. The van der Waals surface area contributed by atoms with Gasteiger partial charge in [0.15, 0.2) is 0 Å². The Morgan fingerprint density at radius 2 is 1.74 bits per heavy atom. The van der Waals surface area contributed by atoms with Gasteiger partial charge in [-0.15, -0.1) is 0 Å². The summed E-state index contributed by atoms with van der Waals surface area (Å²) in [5, 5.41) is 17.4. The Hall–Kier alpha value is -3.40. The lowest BCUT2D eigenvalue weighted by Gasteiger charge is -2.21. The molecule has 3 atom stereocenters. The van der Waals surface area contributed by atoms with Crippen molar-refractivity contribution in [2.45, 2.75) is 45.3 Å². The summed E-state index contributed by atoms with van der Waals surface area (Å²) in [7, 11) is 0. The summed E-state index contributed by atoms with van der Waals surface area (Å²) in [5.74, 6) is -3.19. The van der Waals surface area contributed by atoms with E-state index in [4.69, 9.17) is 10.8 Å². The maximum atomic E-state index is 12.3. The number of fused-ring (bicyclic) bond motifs is 1. The van der Waals surface area contributed by atoms with Crippen LogP contribution in [0.1, 0.15) is 26.3 Å². The molecule has 0 saturated heterocycles. The van der Waals surface area contributed by atoms with Gasteiger partial charge in [-0.1, -0.05) is 32.0 Å². The molecular weight excluding hydrogens is 402 g/mol. The van der Waals surface area contributed by atoms with E-state index >= 15 is 0 Å². The summed E-state index contributed by atoms with van der Waals surface area (Å²) in [6.07, 6.45) is 2.09. The molecule has 10 nitrogen and oxygen atoms in total. The standard InChI is InChI=1S/C21H29N5O5/c1-11(2)18(21(30)31)26-19(28)12(3)25-17(27)10-24-20(29)15(22)8-13-9-23-16-7-5-4-6-14(13)16/h4-7,9,11-12,15,18,23H,8,10,22H2,1-3H3,(H,24,29)(H,25,27)(H,26,28)(H,30,31). The molecule has 0 radical (unpaired) electrons. The van der Waals surface area contributed by atoms with Gasteiger partial charge in [-0.3, -0.25) is 14.4 Å². The molecule has 7 N–H and O–H groups in total. The van der Waals surface area contributed by atoms with Crippen LogP contribution in [0.25, 0.3) is 10.9 Å². The number of aromatic nitrogens is 1. The lowest BCUT2D eigenvalue weighted by atomic mass is 10.0. The SMILES string of the molecule is CC(NC(=O)CNC(=O)C(N)Cc1c[nH]c2ccccc12)C(=O)NC(C(=O)O)C(C)C. The van der Waals surface area contributed by atoms with Gasteiger partial charge in [0.05, 0.1) is 12.6 Å². The van der Waals surface area contributed by atoms with Gasteiger partial charge in [-0.05, 0) is 30.9 Å². The number of carboxylic acid groups (broad SMARTS) is 1. The predicted molar refractivity (Wildman–Crippen MR) is 115 cm³/mol. The van der Waals surface area contributed by atoms with Gasteiger partial charge in [0.25, 0.3) is 0 Å². The molecule has 0 spiro atoms. The average Bonchev–Trinajstić information content (AvgIpc) is 3.12. The second kappa shape index (κ2) is 10.6. The van der Waals surface area contributed by atoms with Gasteiger partial charge in [0, 0.05) is 17.1 Å². The van der Waals surface area contributed by atoms with Crippen LogP contribution in [0, 0.1) is 5.92 Å². The number of hydrogen-bond donors (Lipinski definition) is 6. The zero-order valence-electron chi connectivity index (χ0n) is 17.8. The Balaban J connectivity index is 1.81. The van der Waals surface area contributed by atoms with Crippen molar-refractivity contribution in [3.05, 3.63) is 36.0 Å². The topological polar surface area (TPSA) is 166 Å². The molecule has 1 heterocycles. The first-order chi connectivity index (χ1) is 14.6. The lowest BCUT2D eigenvalue weighted by molar-refractivity contribution is -0.143. The van der Waals surface area contributed by atoms with E-state index in [-0.39, 0.29) is 12.5 Å². The highest BCUT2D eigenvalue weighted by Gasteiger charge is 2.26. The smallest absolute Gasteiger partial charge is 0.326 e. The third-order valence-electron chi connectivity index (χ3n) is 4.88. The van der Waals surface area contributed by atoms with Crippen molar-refractivity contribution in [3.8, 4) is 0 Å². The number of hydrogen-bond acceptors (Lipinski definition) is 5. The van der Waals surface area contributed by atoms with E-state index in [9.17, 15) is 19.2 Å². The third kappa shape index (κ3) is 6.54. The van der Waals surface area contributed by atoms with Crippen LogP contribution < -0.4 is 21.7 Å². The van der Waals surface area contributed by atoms with E-state index in [0.29, 0.717) is 6.42 Å². The number of carbonyl (C=O) groups excluding carboxylic acids is 3. The van der Waals surface area contributed by atoms with Crippen LogP contribution in [0.4, 0.5) is 0 Å². The predicted octanol–water partition coefficient (Wildman–Crippen LogP) is -0.116. The molecule has 0 aliphatic carbocycles. The van der Waals surface area contributed by atoms with E-state index in [0.717, 1.165) is 16.5 Å². The zero-order valence-corrected chi connectivity index (χ0v) is 17.8. The van der Waals surface area contributed by atoms with Crippen LogP contribution in [0.15, 0.2) is 30.5 Å². The Bertz CT molecular complexity index is 955. The fourth-order valence-electron chi connectivity index (χ4n) is 3.08. The Kier molecular flexibility index (Phi) is 8.14. The second-order valence-corrected chi connectivity index (χ2v) is 7.75. The first-order valence-corrected chi connectivity index (χ1v) is 10.0. The van der Waals surface area contributed by atoms with Crippen molar-refractivity contribution < 1.29 is 24.3 Å². The molecular formula is C21H29N5O5. The van der Waals surface area contributed by atoms with Crippen molar-refractivity contribution in [1.29, 1.82) is 0 Å². The van der Waals surface area contributed by atoms with Crippen LogP contribution in [0.2, 0.25) is 0 Å². The van der Waals surface area contributed by atoms with Gasteiger partial charge < -0.3 is 31.8 Å². The summed E-state index contributed by atoms with van der Waals surface area (Å²) in [6, 6.07) is 4.77. The molecule has 0 bridgehead atoms. The van der Waals surface area contributed by atoms with Crippen molar-refractivity contribution in [2.75, 3.05) is 6.54 Å². The molecule has 0 aliphatic rings. The van der Waals surface area contributed by atoms with Crippen LogP contribution in [-0.4, -0.2) is 58.5 Å². The first-order valence-electron chi connectivity index (χ1n) is 10.0. The van der Waals surface area contributed by atoms with Crippen LogP contribution >= 0.6 is 0 Å². The number of aromatic amines is 1. The number of benzene rings is 1. The number of amides is 3. The van der Waals surface area contributed by atoms with Gasteiger partial charge in [0.1, 0.15) is 12.1 Å². The van der Waals surface area contributed by atoms with Gasteiger partial charge in [0.2, 0.25) is 17.7 Å². The number of H-pyrrole nitrogens is 1. The van der Waals surface area contributed by atoms with Gasteiger partial charge >= 0.3 is 5.97 Å². The van der Waals surface area contributed by atoms with Gasteiger partial charge in [-0.25, -0.2) is 4.79 Å². The number of nitrogens with two attached hydrogens (primary N) is 1. The van der Waals surface area contributed by atoms with E-state index < -0.39 is 41.8 Å². The van der Waals surface area contributed by atoms with Crippen LogP contribution in [0.3, 0.4) is 0 Å². The molecule has 3 unspecified atom stereocenters. The quantitative estimate of drug-likeness (QED) is 0.307. The lowest BCUT2D eigenvalue weighted by Crippen LogP contribution is -2.53. The first kappa shape index (κ1) is 23.9. The highest BCUT2D eigenvalue weighted by Crippen LogP contribution is 2.18. The van der Waals surface area contributed by atoms with E-state index in [1.807, 2.05) is 24.3 Å². The minimum Gasteiger partial charge on any atom is -0.480 e. The molecule has 2 aromatic rings. The third-order valence-corrected chi connectivity index (χ3v) is 4.88. The summed E-state index contributed by atoms with van der Waals surface area (Å²) in [5.41, 5.74) is 7.81. The summed E-state index contributed by atoms with van der Waals surface area (Å²) in [4.78, 5) is 50.7. The Morgan fingerprint density at radius 3 is 2.39 bits per heavy atom. The highest BCUT2D eigenvalue weighted by atomic mass is 16.4. The molecule has 2 rings (SSSR count). The van der Waals surface area contributed by atoms with Crippen molar-refractivity contribution in [2.24, 2.45) is 11.7 Å². The maximum absolute atomic E-state index is 12.3. The average molecular weight is 431 g/mol. The van der Waals surface area contributed by atoms with Gasteiger partial charge in [-0.2, -0.15) is 0 Å². The summed E-state index contributed by atoms with van der Waals surface area (Å²) in [6.45, 7) is 4.40. The molecule has 31 heavy (non-hydrogen) atoms. The van der Waals surface area contributed by atoms with Crippen molar-refractivity contribution >= 4 is 34.6 Å². The van der Waals surface area contributed by atoms with Crippen molar-refractivity contribution in [1.82, 2.24) is 20.9 Å². The molecule has 10 heteroatoms. The van der Waals surface area contributed by atoms with E-state index in [1.54, 1.807) is 20.0 Å². The monoisotopic (exact) mass is 431 g/mol. The fraction of sp³-hybridized carbons (Fsp3) is 0.429. The molecule has 3 amide bonds. The molecule has 0 saturated carbocycles. The number of rotatable bonds is 10. The zero-order chi connectivity index (χ0) is 23.1. The minimum atomic E-state index is -1.15. The highest BCUT2D eigenvalue weighted by molar-refractivity contribution is 5.92. The molecule has 0 aliphatic heterocycles. The molecule has 1 aromatic heterocycles. The van der Waals surface area contributed by atoms with Crippen LogP contribution in [0.5, 0.6) is 0 Å². The number of carbonyl (C=O) groups is 4. The van der Waals surface area contributed by atoms with Crippen LogP contribution in [-0.2, 0) is 25.6 Å². The number of nitrogens with one attached hydrogen (secondary N) is 4. The molecule has 168 valence electrons. The fourth-order valence-corrected chi connectivity index (χ4v) is 3.08. The Labute approximate surface area is 179 Å². The van der Waals surface area contributed by atoms with Crippen molar-refractivity contribution in [3.63, 3.8) is 0 Å². The normalized spacial score (nSPS) is 14.0. The molecule has 0 fully saturated rings. The largest absolute Gasteiger partial charge is 0.480 e. The summed E-state index contributed by atoms with van der Waals surface area (Å²) < 4.78 is 0. The van der Waals surface area contributed by atoms with E-state index in [1.165, 1.54) is 6.92 Å².